The third-order valence-corrected chi connectivity index (χ3v) is 2.24. The molecule has 0 aliphatic carbocycles. The van der Waals surface area contributed by atoms with Gasteiger partial charge in [0.15, 0.2) is 0 Å². The van der Waals surface area contributed by atoms with Gasteiger partial charge < -0.3 is 10.2 Å². The summed E-state index contributed by atoms with van der Waals surface area (Å²) in [7, 11) is 0. The third-order valence-electron chi connectivity index (χ3n) is 1.28. The average Bonchev–Trinajstić information content (AvgIpc) is 1.98. The van der Waals surface area contributed by atoms with Crippen molar-refractivity contribution in [3.8, 4) is 0 Å². The molecule has 0 spiro atoms. The van der Waals surface area contributed by atoms with Gasteiger partial charge in [0.05, 0.1) is 10.5 Å². The first-order chi connectivity index (χ1) is 5.45. The van der Waals surface area contributed by atoms with E-state index < -0.39 is 22.4 Å². The molecule has 0 aliphatic heterocycles. The molecular weight excluding hydrogens is 271 g/mol. The van der Waals surface area contributed by atoms with Crippen LogP contribution in [0.25, 0.3) is 0 Å². The molecule has 0 rings (SSSR count). The molecule has 0 saturated carbocycles. The van der Waals surface area contributed by atoms with Crippen LogP contribution in [-0.2, 0) is 9.59 Å². The highest BCUT2D eigenvalue weighted by molar-refractivity contribution is 7.82. The molecule has 8 heteroatoms. The number of carboxylic acids is 2. The smallest absolute Gasteiger partial charge is 0.316 e. The van der Waals surface area contributed by atoms with Crippen molar-refractivity contribution in [2.75, 3.05) is 0 Å². The summed E-state index contributed by atoms with van der Waals surface area (Å²) in [6.07, 6.45) is 0.415. The summed E-state index contributed by atoms with van der Waals surface area (Å²) in [5.74, 6) is -2.08. The van der Waals surface area contributed by atoms with E-state index in [0.29, 0.717) is 0 Å². The zero-order valence-corrected chi connectivity index (χ0v) is 10.4. The predicted octanol–water partition coefficient (Wildman–Crippen LogP) is 1.38. The van der Waals surface area contributed by atoms with Crippen LogP contribution in [0.1, 0.15) is 12.8 Å². The Morgan fingerprint density at radius 3 is 1.29 bits per heavy atom. The second-order valence-electron chi connectivity index (χ2n) is 2.29. The standard InChI is InChI=1S/C6H10O4S2.2ClH/c7-5(8)3(11)1-2-4(12)6(9)10;;/h3-4,11-12H,1-2H2,(H,7,8)(H,9,10);2*1H. The fraction of sp³-hybridized carbons (Fsp3) is 0.667. The van der Waals surface area contributed by atoms with Crippen molar-refractivity contribution >= 4 is 62.0 Å². The van der Waals surface area contributed by atoms with Gasteiger partial charge in [0.25, 0.3) is 0 Å². The molecule has 4 nitrogen and oxygen atoms in total. The van der Waals surface area contributed by atoms with Gasteiger partial charge >= 0.3 is 11.9 Å². The summed E-state index contributed by atoms with van der Waals surface area (Å²) >= 11 is 7.48. The van der Waals surface area contributed by atoms with E-state index in [1.165, 1.54) is 0 Å². The minimum absolute atomic E-state index is 0. The summed E-state index contributed by atoms with van der Waals surface area (Å²) in [5.41, 5.74) is 0. The van der Waals surface area contributed by atoms with Crippen LogP contribution in [0, 0.1) is 0 Å². The number of halogens is 2. The molecule has 0 radical (unpaired) electrons. The molecule has 0 aromatic heterocycles. The summed E-state index contributed by atoms with van der Waals surface area (Å²) in [4.78, 5) is 20.5. The SMILES string of the molecule is Cl.Cl.O=C(O)C(S)CCC(S)C(=O)O. The van der Waals surface area contributed by atoms with Crippen molar-refractivity contribution in [2.45, 2.75) is 23.3 Å². The van der Waals surface area contributed by atoms with Crippen molar-refractivity contribution in [1.29, 1.82) is 0 Å². The van der Waals surface area contributed by atoms with E-state index in [0.717, 1.165) is 0 Å². The maximum atomic E-state index is 10.2. The maximum Gasteiger partial charge on any atom is 0.316 e. The lowest BCUT2D eigenvalue weighted by Gasteiger charge is -2.07. The molecule has 2 N–H and O–H groups in total. The largest absolute Gasteiger partial charge is 0.480 e. The lowest BCUT2D eigenvalue weighted by atomic mass is 10.2. The number of carbonyl (C=O) groups is 2. The first kappa shape index (κ1) is 19.7. The Kier molecular flexibility index (Phi) is 13.8. The highest BCUT2D eigenvalue weighted by Crippen LogP contribution is 2.11. The zero-order valence-electron chi connectivity index (χ0n) is 6.99. The highest BCUT2D eigenvalue weighted by atomic mass is 35.5. The molecule has 0 saturated heterocycles. The van der Waals surface area contributed by atoms with Crippen LogP contribution in [0.2, 0.25) is 0 Å². The number of carboxylic acid groups (broad SMARTS) is 2. The Hall–Kier alpha value is 0.220. The van der Waals surface area contributed by atoms with E-state index in [4.69, 9.17) is 10.2 Å². The summed E-state index contributed by atoms with van der Waals surface area (Å²) < 4.78 is 0. The average molecular weight is 283 g/mol. The van der Waals surface area contributed by atoms with Crippen LogP contribution in [0.5, 0.6) is 0 Å². The molecule has 0 heterocycles. The van der Waals surface area contributed by atoms with Crippen molar-refractivity contribution in [3.63, 3.8) is 0 Å². The predicted molar refractivity (Wildman–Crippen MR) is 64.5 cm³/mol. The Labute approximate surface area is 105 Å². The van der Waals surface area contributed by atoms with Crippen molar-refractivity contribution in [3.05, 3.63) is 0 Å². The summed E-state index contributed by atoms with van der Waals surface area (Å²) in [6, 6.07) is 0. The molecule has 0 aliphatic rings. The lowest BCUT2D eigenvalue weighted by Crippen LogP contribution is -2.19. The Morgan fingerprint density at radius 2 is 1.14 bits per heavy atom. The Morgan fingerprint density at radius 1 is 0.929 bits per heavy atom. The minimum atomic E-state index is -1.04. The first-order valence-corrected chi connectivity index (χ1v) is 4.30. The van der Waals surface area contributed by atoms with Gasteiger partial charge in [-0.05, 0) is 12.8 Å². The molecule has 0 fully saturated rings. The van der Waals surface area contributed by atoms with Gasteiger partial charge in [-0.2, -0.15) is 25.3 Å². The molecule has 0 aromatic carbocycles. The van der Waals surface area contributed by atoms with Gasteiger partial charge in [-0.25, -0.2) is 0 Å². The Balaban J connectivity index is -0.000000605. The van der Waals surface area contributed by atoms with Gasteiger partial charge in [-0.1, -0.05) is 0 Å². The molecule has 0 aromatic rings. The number of aliphatic carboxylic acids is 2. The lowest BCUT2D eigenvalue weighted by molar-refractivity contribution is -0.138. The van der Waals surface area contributed by atoms with Crippen LogP contribution in [0.15, 0.2) is 0 Å². The molecule has 0 amide bonds. The van der Waals surface area contributed by atoms with E-state index in [1.54, 1.807) is 0 Å². The van der Waals surface area contributed by atoms with Gasteiger partial charge in [0, 0.05) is 0 Å². The normalized spacial score (nSPS) is 13.0. The maximum absolute atomic E-state index is 10.2. The van der Waals surface area contributed by atoms with Crippen LogP contribution in [-0.4, -0.2) is 32.7 Å². The molecular formula is C6H12Cl2O4S2. The topological polar surface area (TPSA) is 74.6 Å². The fourth-order valence-corrected chi connectivity index (χ4v) is 0.861. The first-order valence-electron chi connectivity index (χ1n) is 3.27. The van der Waals surface area contributed by atoms with Gasteiger partial charge in [-0.15, -0.1) is 24.8 Å². The molecule has 0 bridgehead atoms. The van der Waals surface area contributed by atoms with E-state index in [-0.39, 0.29) is 37.7 Å². The number of hydrogen-bond donors (Lipinski definition) is 4. The highest BCUT2D eigenvalue weighted by Gasteiger charge is 2.17. The fourth-order valence-electron chi connectivity index (χ4n) is 0.563. The van der Waals surface area contributed by atoms with E-state index in [1.807, 2.05) is 0 Å². The summed E-state index contributed by atoms with van der Waals surface area (Å²) in [5, 5.41) is 15.2. The van der Waals surface area contributed by atoms with Crippen LogP contribution in [0.4, 0.5) is 0 Å². The number of thiol groups is 2. The summed E-state index contributed by atoms with van der Waals surface area (Å²) in [6.45, 7) is 0. The van der Waals surface area contributed by atoms with E-state index >= 15 is 0 Å². The van der Waals surface area contributed by atoms with E-state index in [2.05, 4.69) is 25.3 Å². The minimum Gasteiger partial charge on any atom is -0.480 e. The second kappa shape index (κ2) is 9.76. The van der Waals surface area contributed by atoms with Gasteiger partial charge in [-0.3, -0.25) is 9.59 Å². The Bertz CT molecular complexity index is 171. The van der Waals surface area contributed by atoms with Crippen molar-refractivity contribution < 1.29 is 19.8 Å². The quantitative estimate of drug-likeness (QED) is 0.575. The van der Waals surface area contributed by atoms with E-state index in [9.17, 15) is 9.59 Å². The molecule has 14 heavy (non-hydrogen) atoms. The van der Waals surface area contributed by atoms with Crippen LogP contribution < -0.4 is 0 Å². The van der Waals surface area contributed by atoms with Gasteiger partial charge in [0.1, 0.15) is 0 Å². The van der Waals surface area contributed by atoms with Crippen LogP contribution >= 0.6 is 50.1 Å². The molecule has 2 atom stereocenters. The third kappa shape index (κ3) is 8.80. The number of hydrogen-bond acceptors (Lipinski definition) is 4. The van der Waals surface area contributed by atoms with Crippen LogP contribution in [0.3, 0.4) is 0 Å². The number of rotatable bonds is 5. The molecule has 86 valence electrons. The monoisotopic (exact) mass is 282 g/mol. The van der Waals surface area contributed by atoms with Gasteiger partial charge in [0.2, 0.25) is 0 Å². The van der Waals surface area contributed by atoms with Crippen molar-refractivity contribution in [1.82, 2.24) is 0 Å². The van der Waals surface area contributed by atoms with Crippen molar-refractivity contribution in [2.24, 2.45) is 0 Å². The molecule has 2 unspecified atom stereocenters. The second-order valence-corrected chi connectivity index (χ2v) is 3.53. The zero-order chi connectivity index (χ0) is 9.72.